The van der Waals surface area contributed by atoms with E-state index in [1.165, 1.54) is 25.0 Å². The molecule has 1 aliphatic heterocycles. The first-order chi connectivity index (χ1) is 8.84. The fourth-order valence-corrected chi connectivity index (χ4v) is 3.54. The Morgan fingerprint density at radius 2 is 2.11 bits per heavy atom. The van der Waals surface area contributed by atoms with Gasteiger partial charge in [-0.3, -0.25) is 0 Å². The maximum atomic E-state index is 5.66. The summed E-state index contributed by atoms with van der Waals surface area (Å²) in [4.78, 5) is 0. The maximum absolute atomic E-state index is 5.66. The van der Waals surface area contributed by atoms with Gasteiger partial charge in [0.2, 0.25) is 0 Å². The number of halogens is 1. The molecule has 4 heteroatoms. The fraction of sp³-hybridized carbons (Fsp3) is 0.571. The average Bonchev–Trinajstić information content (AvgIpc) is 2.42. The molecule has 1 heterocycles. The van der Waals surface area contributed by atoms with Crippen LogP contribution >= 0.6 is 27.7 Å². The molecule has 1 aliphatic rings. The molecule has 1 aromatic carbocycles. The third kappa shape index (κ3) is 5.21. The smallest absolute Gasteiger partial charge is 0.119 e. The van der Waals surface area contributed by atoms with Gasteiger partial charge in [-0.15, -0.1) is 0 Å². The van der Waals surface area contributed by atoms with Gasteiger partial charge < -0.3 is 10.1 Å². The molecule has 0 radical (unpaired) electrons. The van der Waals surface area contributed by atoms with E-state index in [0.717, 1.165) is 35.2 Å². The molecule has 1 saturated heterocycles. The second-order valence-electron chi connectivity index (χ2n) is 4.50. The summed E-state index contributed by atoms with van der Waals surface area (Å²) in [6.45, 7) is 2.78. The van der Waals surface area contributed by atoms with Crippen molar-refractivity contribution in [2.75, 3.05) is 25.4 Å². The molecule has 1 atom stereocenters. The summed E-state index contributed by atoms with van der Waals surface area (Å²) in [6.07, 6.45) is 4.16. The molecular formula is C14H20BrNOS. The molecule has 1 aromatic rings. The highest BCUT2D eigenvalue weighted by atomic mass is 79.9. The monoisotopic (exact) mass is 329 g/mol. The first-order valence-electron chi connectivity index (χ1n) is 6.55. The van der Waals surface area contributed by atoms with Crippen molar-refractivity contribution in [3.8, 4) is 5.75 Å². The van der Waals surface area contributed by atoms with E-state index in [2.05, 4.69) is 33.0 Å². The van der Waals surface area contributed by atoms with E-state index in [0.29, 0.717) is 0 Å². The molecule has 100 valence electrons. The number of ether oxygens (including phenoxy) is 1. The van der Waals surface area contributed by atoms with E-state index < -0.39 is 0 Å². The van der Waals surface area contributed by atoms with Crippen LogP contribution in [0.5, 0.6) is 5.75 Å². The lowest BCUT2D eigenvalue weighted by molar-refractivity contribution is 0.313. The molecule has 0 aromatic heterocycles. The van der Waals surface area contributed by atoms with E-state index in [4.69, 9.17) is 4.74 Å². The molecule has 1 unspecified atom stereocenters. The van der Waals surface area contributed by atoms with E-state index in [1.807, 2.05) is 24.3 Å². The average molecular weight is 330 g/mol. The lowest BCUT2D eigenvalue weighted by atomic mass is 10.2. The summed E-state index contributed by atoms with van der Waals surface area (Å²) in [5, 5.41) is 4.29. The van der Waals surface area contributed by atoms with Gasteiger partial charge in [0.25, 0.3) is 0 Å². The van der Waals surface area contributed by atoms with Crippen molar-refractivity contribution in [2.45, 2.75) is 24.5 Å². The Labute approximate surface area is 122 Å². The number of rotatable bonds is 6. The van der Waals surface area contributed by atoms with Crippen molar-refractivity contribution in [2.24, 2.45) is 0 Å². The van der Waals surface area contributed by atoms with Crippen molar-refractivity contribution in [3.05, 3.63) is 28.7 Å². The number of hydrogen-bond acceptors (Lipinski definition) is 3. The quantitative estimate of drug-likeness (QED) is 0.804. The minimum atomic E-state index is 0.735. The third-order valence-corrected chi connectivity index (χ3v) is 4.93. The van der Waals surface area contributed by atoms with Crippen LogP contribution in [-0.2, 0) is 0 Å². The Kier molecular flexibility index (Phi) is 6.38. The van der Waals surface area contributed by atoms with Gasteiger partial charge in [0, 0.05) is 22.8 Å². The minimum Gasteiger partial charge on any atom is -0.492 e. The Bertz CT molecular complexity index is 338. The number of hydrogen-bond donors (Lipinski definition) is 1. The van der Waals surface area contributed by atoms with Crippen LogP contribution in [0.1, 0.15) is 19.3 Å². The lowest BCUT2D eigenvalue weighted by Crippen LogP contribution is -2.29. The first-order valence-corrected chi connectivity index (χ1v) is 8.39. The summed E-state index contributed by atoms with van der Waals surface area (Å²) in [5.74, 6) is 2.27. The molecule has 18 heavy (non-hydrogen) atoms. The number of benzene rings is 1. The summed E-state index contributed by atoms with van der Waals surface area (Å²) < 4.78 is 6.75. The minimum absolute atomic E-state index is 0.735. The van der Waals surface area contributed by atoms with Crippen LogP contribution in [0.25, 0.3) is 0 Å². The van der Waals surface area contributed by atoms with Crippen molar-refractivity contribution < 1.29 is 4.74 Å². The highest BCUT2D eigenvalue weighted by molar-refractivity contribution is 9.10. The zero-order valence-electron chi connectivity index (χ0n) is 10.5. The molecule has 0 amide bonds. The standard InChI is InChI=1S/C14H20BrNOS/c15-12-4-6-13(7-5-12)17-9-8-16-11-14-3-1-2-10-18-14/h4-7,14,16H,1-3,8-11H2. The molecule has 0 spiro atoms. The molecule has 2 rings (SSSR count). The summed E-state index contributed by atoms with van der Waals surface area (Å²) in [5.41, 5.74) is 0. The van der Waals surface area contributed by atoms with Crippen LogP contribution in [0.4, 0.5) is 0 Å². The van der Waals surface area contributed by atoms with Gasteiger partial charge in [0.1, 0.15) is 12.4 Å². The SMILES string of the molecule is Brc1ccc(OCCNCC2CCCCS2)cc1. The van der Waals surface area contributed by atoms with Crippen LogP contribution in [-0.4, -0.2) is 30.7 Å². The van der Waals surface area contributed by atoms with Crippen LogP contribution in [0, 0.1) is 0 Å². The zero-order chi connectivity index (χ0) is 12.6. The van der Waals surface area contributed by atoms with E-state index in [-0.39, 0.29) is 0 Å². The van der Waals surface area contributed by atoms with Gasteiger partial charge in [0.15, 0.2) is 0 Å². The van der Waals surface area contributed by atoms with Gasteiger partial charge in [-0.1, -0.05) is 22.4 Å². The Balaban J connectivity index is 1.54. The highest BCUT2D eigenvalue weighted by Crippen LogP contribution is 2.24. The van der Waals surface area contributed by atoms with Gasteiger partial charge in [-0.05, 0) is 42.9 Å². The summed E-state index contributed by atoms with van der Waals surface area (Å²) in [7, 11) is 0. The Morgan fingerprint density at radius 3 is 2.83 bits per heavy atom. The van der Waals surface area contributed by atoms with E-state index in [1.54, 1.807) is 0 Å². The van der Waals surface area contributed by atoms with Gasteiger partial charge >= 0.3 is 0 Å². The van der Waals surface area contributed by atoms with Crippen LogP contribution < -0.4 is 10.1 Å². The molecule has 0 saturated carbocycles. The third-order valence-electron chi connectivity index (χ3n) is 3.01. The second kappa shape index (κ2) is 8.08. The van der Waals surface area contributed by atoms with E-state index in [9.17, 15) is 0 Å². The lowest BCUT2D eigenvalue weighted by Gasteiger charge is -2.21. The zero-order valence-corrected chi connectivity index (χ0v) is 12.9. The second-order valence-corrected chi connectivity index (χ2v) is 6.82. The van der Waals surface area contributed by atoms with Crippen molar-refractivity contribution >= 4 is 27.7 Å². The first kappa shape index (κ1) is 14.2. The molecular weight excluding hydrogens is 310 g/mol. The van der Waals surface area contributed by atoms with Crippen molar-refractivity contribution in [1.29, 1.82) is 0 Å². The van der Waals surface area contributed by atoms with Gasteiger partial charge in [0.05, 0.1) is 0 Å². The van der Waals surface area contributed by atoms with Crippen LogP contribution in [0.3, 0.4) is 0 Å². The maximum Gasteiger partial charge on any atom is 0.119 e. The highest BCUT2D eigenvalue weighted by Gasteiger charge is 2.12. The molecule has 0 bridgehead atoms. The molecule has 0 aliphatic carbocycles. The molecule has 1 fully saturated rings. The largest absolute Gasteiger partial charge is 0.492 e. The summed E-state index contributed by atoms with van der Waals surface area (Å²) >= 11 is 5.52. The van der Waals surface area contributed by atoms with Gasteiger partial charge in [-0.25, -0.2) is 0 Å². The molecule has 1 N–H and O–H groups in total. The van der Waals surface area contributed by atoms with Crippen LogP contribution in [0.15, 0.2) is 28.7 Å². The fourth-order valence-electron chi connectivity index (χ4n) is 2.00. The van der Waals surface area contributed by atoms with Gasteiger partial charge in [-0.2, -0.15) is 11.8 Å². The van der Waals surface area contributed by atoms with Crippen molar-refractivity contribution in [3.63, 3.8) is 0 Å². The predicted molar refractivity (Wildman–Crippen MR) is 82.6 cm³/mol. The van der Waals surface area contributed by atoms with E-state index >= 15 is 0 Å². The topological polar surface area (TPSA) is 21.3 Å². The summed E-state index contributed by atoms with van der Waals surface area (Å²) in [6, 6.07) is 7.98. The Morgan fingerprint density at radius 1 is 1.28 bits per heavy atom. The van der Waals surface area contributed by atoms with Crippen LogP contribution in [0.2, 0.25) is 0 Å². The Hall–Kier alpha value is -0.190. The predicted octanol–water partition coefficient (Wildman–Crippen LogP) is 3.70. The number of thioether (sulfide) groups is 1. The number of nitrogens with one attached hydrogen (secondary N) is 1. The van der Waals surface area contributed by atoms with Crippen molar-refractivity contribution in [1.82, 2.24) is 5.32 Å². The normalized spacial score (nSPS) is 19.7. The molecule has 2 nitrogen and oxygen atoms in total.